The van der Waals surface area contributed by atoms with Gasteiger partial charge in [-0.3, -0.25) is 4.79 Å². The summed E-state index contributed by atoms with van der Waals surface area (Å²) in [6.07, 6.45) is 5.94. The van der Waals surface area contributed by atoms with E-state index in [9.17, 15) is 4.79 Å². The van der Waals surface area contributed by atoms with Crippen LogP contribution in [-0.2, 0) is 16.1 Å². The molecule has 0 N–H and O–H groups in total. The normalized spacial score (nSPS) is 20.8. The van der Waals surface area contributed by atoms with Gasteiger partial charge in [0.25, 0.3) is 0 Å². The van der Waals surface area contributed by atoms with Crippen molar-refractivity contribution in [1.29, 1.82) is 0 Å². The summed E-state index contributed by atoms with van der Waals surface area (Å²) in [7, 11) is 1.75. The maximum atomic E-state index is 13.2. The third-order valence-electron chi connectivity index (χ3n) is 5.77. The molecule has 0 aliphatic carbocycles. The minimum Gasteiger partial charge on any atom is -0.384 e. The molecule has 4 rings (SSSR count). The number of carbonyl (C=O) groups is 1. The van der Waals surface area contributed by atoms with E-state index < -0.39 is 0 Å². The van der Waals surface area contributed by atoms with Crippen molar-refractivity contribution in [1.82, 2.24) is 14.5 Å². The summed E-state index contributed by atoms with van der Waals surface area (Å²) in [5.74, 6) is 1.69. The highest BCUT2D eigenvalue weighted by molar-refractivity contribution is 5.83. The number of imidazole rings is 1. The van der Waals surface area contributed by atoms with Gasteiger partial charge in [-0.15, -0.1) is 0 Å². The maximum absolute atomic E-state index is 13.2. The van der Waals surface area contributed by atoms with Crippen molar-refractivity contribution in [2.75, 3.05) is 26.8 Å². The van der Waals surface area contributed by atoms with Gasteiger partial charge < -0.3 is 14.2 Å². The van der Waals surface area contributed by atoms with E-state index in [0.29, 0.717) is 5.92 Å². The zero-order chi connectivity index (χ0) is 17.9. The second-order valence-electron chi connectivity index (χ2n) is 7.44. The van der Waals surface area contributed by atoms with Crippen molar-refractivity contribution < 1.29 is 9.53 Å². The van der Waals surface area contributed by atoms with Crippen LogP contribution in [0, 0.1) is 5.92 Å². The Labute approximate surface area is 155 Å². The molecule has 0 bridgehead atoms. The molecule has 1 aromatic carbocycles. The number of hydrogen-bond donors (Lipinski definition) is 0. The zero-order valence-corrected chi connectivity index (χ0v) is 15.4. The highest BCUT2D eigenvalue weighted by Crippen LogP contribution is 2.33. The number of likely N-dealkylation sites (tertiary alicyclic amines) is 1. The van der Waals surface area contributed by atoms with Crippen LogP contribution >= 0.6 is 0 Å². The number of methoxy groups -OCH3 is 1. The van der Waals surface area contributed by atoms with Gasteiger partial charge >= 0.3 is 0 Å². The highest BCUT2D eigenvalue weighted by atomic mass is 16.5. The molecule has 138 valence electrons. The number of aromatic nitrogens is 2. The molecule has 1 amide bonds. The number of fused-ring (bicyclic) bond motifs is 1. The minimum absolute atomic E-state index is 0.0970. The summed E-state index contributed by atoms with van der Waals surface area (Å²) in [5, 5.41) is 0. The van der Waals surface area contributed by atoms with Crippen LogP contribution in [0.2, 0.25) is 0 Å². The van der Waals surface area contributed by atoms with Gasteiger partial charge in [0.05, 0.1) is 17.8 Å². The molecule has 0 saturated carbocycles. The van der Waals surface area contributed by atoms with Crippen LogP contribution in [0.15, 0.2) is 36.5 Å². The Morgan fingerprint density at radius 2 is 1.92 bits per heavy atom. The van der Waals surface area contributed by atoms with Gasteiger partial charge in [-0.25, -0.2) is 4.98 Å². The Hall–Kier alpha value is -2.14. The molecule has 2 aliphatic rings. The number of nitrogens with zero attached hydrogens (tertiary/aromatic N) is 3. The second-order valence-corrected chi connectivity index (χ2v) is 7.44. The van der Waals surface area contributed by atoms with Gasteiger partial charge in [0, 0.05) is 33.4 Å². The van der Waals surface area contributed by atoms with Gasteiger partial charge in [0.2, 0.25) is 5.91 Å². The lowest BCUT2D eigenvalue weighted by molar-refractivity contribution is -0.135. The van der Waals surface area contributed by atoms with E-state index >= 15 is 0 Å². The molecule has 1 saturated heterocycles. The maximum Gasteiger partial charge on any atom is 0.233 e. The Morgan fingerprint density at radius 3 is 2.65 bits per heavy atom. The van der Waals surface area contributed by atoms with Crippen LogP contribution < -0.4 is 0 Å². The predicted molar refractivity (Wildman–Crippen MR) is 101 cm³/mol. The third-order valence-corrected chi connectivity index (χ3v) is 5.77. The van der Waals surface area contributed by atoms with E-state index in [-0.39, 0.29) is 11.8 Å². The summed E-state index contributed by atoms with van der Waals surface area (Å²) >= 11 is 0. The molecule has 3 heterocycles. The van der Waals surface area contributed by atoms with Gasteiger partial charge in [-0.1, -0.05) is 30.3 Å². The van der Waals surface area contributed by atoms with Gasteiger partial charge in [0.15, 0.2) is 0 Å². The Bertz CT molecular complexity index is 748. The molecule has 2 aromatic rings. The number of carbonyl (C=O) groups excluding carboxylic acids is 1. The Kier molecular flexibility index (Phi) is 5.07. The van der Waals surface area contributed by atoms with Crippen LogP contribution in [0.4, 0.5) is 0 Å². The van der Waals surface area contributed by atoms with E-state index in [2.05, 4.69) is 21.7 Å². The molecule has 1 atom stereocenters. The number of hydrogen-bond acceptors (Lipinski definition) is 3. The molecular formula is C21H27N3O2. The first-order valence-electron chi connectivity index (χ1n) is 9.66. The lowest BCUT2D eigenvalue weighted by atomic mass is 9.93. The largest absolute Gasteiger partial charge is 0.384 e. The monoisotopic (exact) mass is 353 g/mol. The fraction of sp³-hybridized carbons (Fsp3) is 0.524. The molecule has 1 unspecified atom stereocenters. The van der Waals surface area contributed by atoms with E-state index in [0.717, 1.165) is 63.4 Å². The van der Waals surface area contributed by atoms with E-state index in [1.807, 2.05) is 29.3 Å². The van der Waals surface area contributed by atoms with Gasteiger partial charge in [-0.2, -0.15) is 0 Å². The lowest BCUT2D eigenvalue weighted by Gasteiger charge is -2.35. The van der Waals surface area contributed by atoms with Crippen molar-refractivity contribution in [3.63, 3.8) is 0 Å². The molecule has 1 aromatic heterocycles. The van der Waals surface area contributed by atoms with Crippen molar-refractivity contribution in [3.8, 4) is 11.3 Å². The Morgan fingerprint density at radius 1 is 1.15 bits per heavy atom. The Balaban J connectivity index is 1.52. The average Bonchev–Trinajstić information content (AvgIpc) is 3.13. The molecule has 26 heavy (non-hydrogen) atoms. The number of benzene rings is 1. The van der Waals surface area contributed by atoms with Crippen LogP contribution in [0.1, 0.15) is 37.4 Å². The first-order valence-corrected chi connectivity index (χ1v) is 9.66. The lowest BCUT2D eigenvalue weighted by Crippen LogP contribution is -2.43. The molecule has 0 radical (unpaired) electrons. The molecule has 5 nitrogen and oxygen atoms in total. The van der Waals surface area contributed by atoms with Crippen molar-refractivity contribution in [2.24, 2.45) is 5.92 Å². The minimum atomic E-state index is -0.0970. The molecule has 5 heteroatoms. The van der Waals surface area contributed by atoms with Gasteiger partial charge in [-0.05, 0) is 37.2 Å². The number of piperidine rings is 1. The number of amides is 1. The van der Waals surface area contributed by atoms with Gasteiger partial charge in [0.1, 0.15) is 5.82 Å². The van der Waals surface area contributed by atoms with Crippen LogP contribution in [0.25, 0.3) is 11.3 Å². The first-order chi connectivity index (χ1) is 12.8. The predicted octanol–water partition coefficient (Wildman–Crippen LogP) is 3.31. The van der Waals surface area contributed by atoms with Crippen LogP contribution in [0.3, 0.4) is 0 Å². The average molecular weight is 353 g/mol. The first kappa shape index (κ1) is 17.3. The third kappa shape index (κ3) is 3.28. The summed E-state index contributed by atoms with van der Waals surface area (Å²) < 4.78 is 7.52. The van der Waals surface area contributed by atoms with Crippen molar-refractivity contribution >= 4 is 5.91 Å². The summed E-state index contributed by atoms with van der Waals surface area (Å²) in [6.45, 7) is 3.43. The molecule has 2 aliphatic heterocycles. The van der Waals surface area contributed by atoms with Crippen LogP contribution in [0.5, 0.6) is 0 Å². The standard InChI is InChI=1S/C21H27N3O2/c1-26-15-16-9-12-23(13-10-16)21(25)18-8-5-11-24-19(14-22-20(18)24)17-6-3-2-4-7-17/h2-4,6-7,14,16,18H,5,8-13,15H2,1H3. The topological polar surface area (TPSA) is 47.4 Å². The SMILES string of the molecule is COCC1CCN(C(=O)C2CCCn3c(-c4ccccc4)cnc32)CC1. The van der Waals surface area contributed by atoms with Crippen LogP contribution in [-0.4, -0.2) is 47.2 Å². The van der Waals surface area contributed by atoms with E-state index in [4.69, 9.17) is 4.74 Å². The number of rotatable bonds is 4. The van der Waals surface area contributed by atoms with Crippen molar-refractivity contribution in [2.45, 2.75) is 38.1 Å². The quantitative estimate of drug-likeness (QED) is 0.847. The van der Waals surface area contributed by atoms with E-state index in [1.165, 1.54) is 5.56 Å². The molecule has 1 fully saturated rings. The summed E-state index contributed by atoms with van der Waals surface area (Å²) in [6, 6.07) is 10.3. The number of ether oxygens (including phenoxy) is 1. The van der Waals surface area contributed by atoms with E-state index in [1.54, 1.807) is 7.11 Å². The smallest absolute Gasteiger partial charge is 0.233 e. The summed E-state index contributed by atoms with van der Waals surface area (Å²) in [4.78, 5) is 19.9. The fourth-order valence-electron chi connectivity index (χ4n) is 4.34. The zero-order valence-electron chi connectivity index (χ0n) is 15.4. The molecule has 0 spiro atoms. The highest BCUT2D eigenvalue weighted by Gasteiger charge is 2.34. The second kappa shape index (κ2) is 7.62. The fourth-order valence-corrected chi connectivity index (χ4v) is 4.34. The molecular weight excluding hydrogens is 326 g/mol. The summed E-state index contributed by atoms with van der Waals surface area (Å²) in [5.41, 5.74) is 2.29. The van der Waals surface area contributed by atoms with Crippen molar-refractivity contribution in [3.05, 3.63) is 42.4 Å².